The lowest BCUT2D eigenvalue weighted by Gasteiger charge is -2.21. The monoisotopic (exact) mass is 207 g/mol. The summed E-state index contributed by atoms with van der Waals surface area (Å²) >= 11 is 0. The van der Waals surface area contributed by atoms with Gasteiger partial charge in [-0.05, 0) is 26.7 Å². The standard InChI is InChI=1S/C12H21N3/c1-3-14-10-11(2)13-12(14)15-8-6-4-5-7-9-15/h10H,3-9H2,1-2H3. The van der Waals surface area contributed by atoms with E-state index < -0.39 is 0 Å². The molecule has 3 heteroatoms. The molecule has 0 spiro atoms. The van der Waals surface area contributed by atoms with Crippen molar-refractivity contribution < 1.29 is 0 Å². The summed E-state index contributed by atoms with van der Waals surface area (Å²) in [6, 6.07) is 0. The molecule has 1 aliphatic rings. The van der Waals surface area contributed by atoms with Crippen molar-refractivity contribution in [2.24, 2.45) is 0 Å². The Labute approximate surface area is 92.1 Å². The minimum Gasteiger partial charge on any atom is -0.342 e. The van der Waals surface area contributed by atoms with Crippen LogP contribution in [0.3, 0.4) is 0 Å². The molecular weight excluding hydrogens is 186 g/mol. The maximum Gasteiger partial charge on any atom is 0.205 e. The molecule has 1 saturated heterocycles. The van der Waals surface area contributed by atoms with E-state index in [9.17, 15) is 0 Å². The molecule has 0 atom stereocenters. The summed E-state index contributed by atoms with van der Waals surface area (Å²) in [4.78, 5) is 7.08. The van der Waals surface area contributed by atoms with Crippen LogP contribution in [0.4, 0.5) is 5.95 Å². The molecule has 1 aromatic heterocycles. The third kappa shape index (κ3) is 2.33. The van der Waals surface area contributed by atoms with Crippen LogP contribution in [-0.2, 0) is 6.54 Å². The molecule has 84 valence electrons. The molecule has 1 aromatic rings. The second-order valence-electron chi connectivity index (χ2n) is 4.37. The van der Waals surface area contributed by atoms with Gasteiger partial charge in [0, 0.05) is 25.8 Å². The lowest BCUT2D eigenvalue weighted by atomic mass is 10.2. The molecule has 0 aliphatic carbocycles. The van der Waals surface area contributed by atoms with Crippen molar-refractivity contribution in [1.82, 2.24) is 9.55 Å². The van der Waals surface area contributed by atoms with Gasteiger partial charge < -0.3 is 9.47 Å². The van der Waals surface area contributed by atoms with E-state index in [-0.39, 0.29) is 0 Å². The van der Waals surface area contributed by atoms with Crippen LogP contribution in [0, 0.1) is 6.92 Å². The summed E-state index contributed by atoms with van der Waals surface area (Å²) < 4.78 is 2.26. The van der Waals surface area contributed by atoms with E-state index in [1.54, 1.807) is 0 Å². The third-order valence-corrected chi connectivity index (χ3v) is 3.11. The van der Waals surface area contributed by atoms with E-state index in [0.29, 0.717) is 0 Å². The molecule has 0 radical (unpaired) electrons. The fourth-order valence-corrected chi connectivity index (χ4v) is 2.29. The van der Waals surface area contributed by atoms with Crippen LogP contribution in [0.5, 0.6) is 0 Å². The average Bonchev–Trinajstić information content (AvgIpc) is 2.47. The Morgan fingerprint density at radius 2 is 1.87 bits per heavy atom. The highest BCUT2D eigenvalue weighted by molar-refractivity contribution is 5.33. The largest absolute Gasteiger partial charge is 0.342 e. The normalized spacial score (nSPS) is 17.9. The Bertz CT molecular complexity index is 309. The number of aromatic nitrogens is 2. The number of hydrogen-bond acceptors (Lipinski definition) is 2. The number of imidazole rings is 1. The first-order valence-electron chi connectivity index (χ1n) is 6.10. The van der Waals surface area contributed by atoms with Gasteiger partial charge in [0.25, 0.3) is 0 Å². The van der Waals surface area contributed by atoms with Gasteiger partial charge in [0.2, 0.25) is 5.95 Å². The van der Waals surface area contributed by atoms with Crippen LogP contribution < -0.4 is 4.90 Å². The molecule has 15 heavy (non-hydrogen) atoms. The van der Waals surface area contributed by atoms with E-state index in [2.05, 4.69) is 34.5 Å². The first-order valence-corrected chi connectivity index (χ1v) is 6.10. The molecular formula is C12H21N3. The fraction of sp³-hybridized carbons (Fsp3) is 0.750. The van der Waals surface area contributed by atoms with E-state index in [0.717, 1.165) is 12.2 Å². The smallest absolute Gasteiger partial charge is 0.205 e. The van der Waals surface area contributed by atoms with Crippen molar-refractivity contribution in [3.05, 3.63) is 11.9 Å². The first kappa shape index (κ1) is 10.5. The summed E-state index contributed by atoms with van der Waals surface area (Å²) in [5.41, 5.74) is 1.14. The van der Waals surface area contributed by atoms with Crippen LogP contribution >= 0.6 is 0 Å². The molecule has 0 unspecified atom stereocenters. The van der Waals surface area contributed by atoms with Crippen LogP contribution in [0.1, 0.15) is 38.3 Å². The van der Waals surface area contributed by atoms with Gasteiger partial charge in [0.1, 0.15) is 0 Å². The van der Waals surface area contributed by atoms with Crippen LogP contribution in [0.2, 0.25) is 0 Å². The van der Waals surface area contributed by atoms with Crippen molar-refractivity contribution in [3.63, 3.8) is 0 Å². The molecule has 0 aromatic carbocycles. The van der Waals surface area contributed by atoms with Crippen molar-refractivity contribution in [2.45, 2.75) is 46.1 Å². The Morgan fingerprint density at radius 3 is 2.47 bits per heavy atom. The molecule has 2 rings (SSSR count). The molecule has 0 bridgehead atoms. The molecule has 0 amide bonds. The highest BCUT2D eigenvalue weighted by Crippen LogP contribution is 2.18. The van der Waals surface area contributed by atoms with Crippen molar-refractivity contribution >= 4 is 5.95 Å². The Morgan fingerprint density at radius 1 is 1.20 bits per heavy atom. The zero-order valence-electron chi connectivity index (χ0n) is 9.87. The van der Waals surface area contributed by atoms with Gasteiger partial charge in [-0.1, -0.05) is 12.8 Å². The lowest BCUT2D eigenvalue weighted by Crippen LogP contribution is -2.27. The lowest BCUT2D eigenvalue weighted by molar-refractivity contribution is 0.691. The zero-order valence-corrected chi connectivity index (χ0v) is 9.87. The number of rotatable bonds is 2. The Balaban J connectivity index is 2.18. The van der Waals surface area contributed by atoms with Crippen molar-refractivity contribution in [1.29, 1.82) is 0 Å². The first-order chi connectivity index (χ1) is 7.31. The number of hydrogen-bond donors (Lipinski definition) is 0. The van der Waals surface area contributed by atoms with Gasteiger partial charge in [-0.15, -0.1) is 0 Å². The number of anilines is 1. The molecule has 2 heterocycles. The minimum atomic E-state index is 1.02. The van der Waals surface area contributed by atoms with Gasteiger partial charge in [-0.2, -0.15) is 0 Å². The van der Waals surface area contributed by atoms with Gasteiger partial charge in [-0.25, -0.2) is 4.98 Å². The SMILES string of the molecule is CCn1cc(C)nc1N1CCCCCC1. The second kappa shape index (κ2) is 4.69. The van der Waals surface area contributed by atoms with Gasteiger partial charge in [0.15, 0.2) is 0 Å². The van der Waals surface area contributed by atoms with E-state index in [1.807, 2.05) is 0 Å². The van der Waals surface area contributed by atoms with Crippen molar-refractivity contribution in [3.8, 4) is 0 Å². The topological polar surface area (TPSA) is 21.1 Å². The second-order valence-corrected chi connectivity index (χ2v) is 4.37. The number of aryl methyl sites for hydroxylation is 2. The summed E-state index contributed by atoms with van der Waals surface area (Å²) in [6.07, 6.45) is 7.54. The summed E-state index contributed by atoms with van der Waals surface area (Å²) in [5.74, 6) is 1.18. The molecule has 0 N–H and O–H groups in total. The average molecular weight is 207 g/mol. The van der Waals surface area contributed by atoms with Crippen molar-refractivity contribution in [2.75, 3.05) is 18.0 Å². The maximum atomic E-state index is 4.64. The minimum absolute atomic E-state index is 1.02. The van der Waals surface area contributed by atoms with E-state index in [1.165, 1.54) is 44.7 Å². The maximum absolute atomic E-state index is 4.64. The molecule has 1 fully saturated rings. The van der Waals surface area contributed by atoms with Gasteiger partial charge >= 0.3 is 0 Å². The molecule has 0 saturated carbocycles. The fourth-order valence-electron chi connectivity index (χ4n) is 2.29. The summed E-state index contributed by atoms with van der Waals surface area (Å²) in [5, 5.41) is 0. The highest BCUT2D eigenvalue weighted by Gasteiger charge is 2.14. The highest BCUT2D eigenvalue weighted by atomic mass is 15.3. The van der Waals surface area contributed by atoms with Gasteiger partial charge in [0.05, 0.1) is 5.69 Å². The molecule has 3 nitrogen and oxygen atoms in total. The van der Waals surface area contributed by atoms with E-state index in [4.69, 9.17) is 0 Å². The number of nitrogens with zero attached hydrogens (tertiary/aromatic N) is 3. The third-order valence-electron chi connectivity index (χ3n) is 3.11. The predicted octanol–water partition coefficient (Wildman–Crippen LogP) is 2.59. The Kier molecular flexibility index (Phi) is 3.29. The van der Waals surface area contributed by atoms with Crippen LogP contribution in [0.25, 0.3) is 0 Å². The Hall–Kier alpha value is -0.990. The predicted molar refractivity (Wildman–Crippen MR) is 63.3 cm³/mol. The van der Waals surface area contributed by atoms with E-state index >= 15 is 0 Å². The van der Waals surface area contributed by atoms with Crippen LogP contribution in [-0.4, -0.2) is 22.6 Å². The summed E-state index contributed by atoms with van der Waals surface area (Å²) in [7, 11) is 0. The van der Waals surface area contributed by atoms with Gasteiger partial charge in [-0.3, -0.25) is 0 Å². The van der Waals surface area contributed by atoms with Crippen LogP contribution in [0.15, 0.2) is 6.20 Å². The zero-order chi connectivity index (χ0) is 10.7. The summed E-state index contributed by atoms with van der Waals surface area (Å²) in [6.45, 7) is 7.63. The quantitative estimate of drug-likeness (QED) is 0.743. The molecule has 1 aliphatic heterocycles.